The number of hydrogen-bond donors (Lipinski definition) is 2. The molecule has 0 aromatic carbocycles. The molecule has 0 saturated heterocycles. The normalized spacial score (nSPS) is 46.2. The van der Waals surface area contributed by atoms with E-state index in [1.165, 1.54) is 25.7 Å². The lowest BCUT2D eigenvalue weighted by Crippen LogP contribution is -2.47. The van der Waals surface area contributed by atoms with Crippen molar-refractivity contribution in [1.82, 2.24) is 0 Å². The van der Waals surface area contributed by atoms with Gasteiger partial charge in [-0.05, 0) is 49.4 Å². The summed E-state index contributed by atoms with van der Waals surface area (Å²) in [6.07, 6.45) is 7.94. The van der Waals surface area contributed by atoms with Gasteiger partial charge in [-0.2, -0.15) is 0 Å². The van der Waals surface area contributed by atoms with Crippen LogP contribution < -0.4 is 0 Å². The van der Waals surface area contributed by atoms with Crippen molar-refractivity contribution in [1.29, 1.82) is 0 Å². The van der Waals surface area contributed by atoms with Gasteiger partial charge in [-0.1, -0.05) is 19.8 Å². The molecule has 0 radical (unpaired) electrons. The lowest BCUT2D eigenvalue weighted by Gasteiger charge is -2.52. The van der Waals surface area contributed by atoms with Crippen LogP contribution in [-0.4, -0.2) is 22.9 Å². The Kier molecular flexibility index (Phi) is 3.36. The topological polar surface area (TPSA) is 40.5 Å². The number of fused-ring (bicyclic) bond motifs is 1. The van der Waals surface area contributed by atoms with E-state index >= 15 is 0 Å². The van der Waals surface area contributed by atoms with Gasteiger partial charge in [-0.25, -0.2) is 0 Å². The highest BCUT2D eigenvalue weighted by Crippen LogP contribution is 2.54. The van der Waals surface area contributed by atoms with Gasteiger partial charge in [0, 0.05) is 6.61 Å². The zero-order chi connectivity index (χ0) is 10.9. The van der Waals surface area contributed by atoms with Gasteiger partial charge in [0.15, 0.2) is 0 Å². The summed E-state index contributed by atoms with van der Waals surface area (Å²) in [6.45, 7) is 2.66. The summed E-state index contributed by atoms with van der Waals surface area (Å²) in [6, 6.07) is 0. The van der Waals surface area contributed by atoms with E-state index < -0.39 is 0 Å². The monoisotopic (exact) mass is 212 g/mol. The van der Waals surface area contributed by atoms with Crippen LogP contribution in [0, 0.1) is 17.3 Å². The first-order chi connectivity index (χ1) is 7.18. The molecule has 0 bridgehead atoms. The maximum absolute atomic E-state index is 10.1. The SMILES string of the molecule is CC12CCCC(O)C1CCCC2CCO. The van der Waals surface area contributed by atoms with Crippen LogP contribution >= 0.6 is 0 Å². The molecule has 0 aliphatic heterocycles. The third-order valence-corrected chi connectivity index (χ3v) is 5.00. The Hall–Kier alpha value is -0.0800. The van der Waals surface area contributed by atoms with Crippen molar-refractivity contribution >= 4 is 0 Å². The highest BCUT2D eigenvalue weighted by atomic mass is 16.3. The van der Waals surface area contributed by atoms with Crippen LogP contribution in [-0.2, 0) is 0 Å². The lowest BCUT2D eigenvalue weighted by atomic mass is 9.54. The summed E-state index contributed by atoms with van der Waals surface area (Å²) in [7, 11) is 0. The predicted octanol–water partition coefficient (Wildman–Crippen LogP) is 2.34. The van der Waals surface area contributed by atoms with Crippen molar-refractivity contribution in [2.75, 3.05) is 6.61 Å². The Labute approximate surface area is 92.7 Å². The average molecular weight is 212 g/mol. The summed E-state index contributed by atoms with van der Waals surface area (Å²) in [4.78, 5) is 0. The quantitative estimate of drug-likeness (QED) is 0.737. The highest BCUT2D eigenvalue weighted by molar-refractivity contribution is 4.97. The summed E-state index contributed by atoms with van der Waals surface area (Å²) in [5.41, 5.74) is 0.304. The van der Waals surface area contributed by atoms with Crippen LogP contribution in [0.2, 0.25) is 0 Å². The van der Waals surface area contributed by atoms with Gasteiger partial charge in [0.2, 0.25) is 0 Å². The van der Waals surface area contributed by atoms with Gasteiger partial charge in [0.05, 0.1) is 6.10 Å². The second kappa shape index (κ2) is 4.42. The minimum atomic E-state index is -0.0785. The Balaban J connectivity index is 2.14. The highest BCUT2D eigenvalue weighted by Gasteiger charge is 2.47. The number of hydrogen-bond acceptors (Lipinski definition) is 2. The van der Waals surface area contributed by atoms with Gasteiger partial charge < -0.3 is 10.2 Å². The molecular weight excluding hydrogens is 188 g/mol. The molecule has 0 heterocycles. The van der Waals surface area contributed by atoms with Gasteiger partial charge in [0.25, 0.3) is 0 Å². The minimum Gasteiger partial charge on any atom is -0.396 e. The standard InChI is InChI=1S/C13H24O2/c1-13-8-3-6-12(15)11(13)5-2-4-10(13)7-9-14/h10-12,14-15H,2-9H2,1H3. The molecule has 0 spiro atoms. The molecule has 4 unspecified atom stereocenters. The van der Waals surface area contributed by atoms with Crippen molar-refractivity contribution in [3.05, 3.63) is 0 Å². The zero-order valence-electron chi connectivity index (χ0n) is 9.78. The van der Waals surface area contributed by atoms with Gasteiger partial charge in [-0.3, -0.25) is 0 Å². The van der Waals surface area contributed by atoms with E-state index in [4.69, 9.17) is 5.11 Å². The molecule has 2 fully saturated rings. The molecule has 2 nitrogen and oxygen atoms in total. The van der Waals surface area contributed by atoms with E-state index in [2.05, 4.69) is 6.92 Å². The van der Waals surface area contributed by atoms with Crippen LogP contribution in [0.15, 0.2) is 0 Å². The van der Waals surface area contributed by atoms with Crippen molar-refractivity contribution in [3.63, 3.8) is 0 Å². The predicted molar refractivity (Wildman–Crippen MR) is 60.5 cm³/mol. The third kappa shape index (κ3) is 1.94. The van der Waals surface area contributed by atoms with E-state index in [0.717, 1.165) is 19.3 Å². The second-order valence-corrected chi connectivity index (χ2v) is 5.71. The van der Waals surface area contributed by atoms with Gasteiger partial charge in [0.1, 0.15) is 0 Å². The number of aliphatic hydroxyl groups is 2. The Bertz CT molecular complexity index is 215. The van der Waals surface area contributed by atoms with Crippen LogP contribution in [0.25, 0.3) is 0 Å². The number of aliphatic hydroxyl groups excluding tert-OH is 2. The fourth-order valence-electron chi connectivity index (χ4n) is 4.09. The lowest BCUT2D eigenvalue weighted by molar-refractivity contribution is -0.0824. The van der Waals surface area contributed by atoms with Crippen molar-refractivity contribution in [2.24, 2.45) is 17.3 Å². The fraction of sp³-hybridized carbons (Fsp3) is 1.00. The third-order valence-electron chi connectivity index (χ3n) is 5.00. The van der Waals surface area contributed by atoms with Crippen LogP contribution in [0.5, 0.6) is 0 Å². The van der Waals surface area contributed by atoms with E-state index in [-0.39, 0.29) is 6.10 Å². The number of rotatable bonds is 2. The smallest absolute Gasteiger partial charge is 0.0573 e. The first kappa shape index (κ1) is 11.4. The van der Waals surface area contributed by atoms with Gasteiger partial charge >= 0.3 is 0 Å². The Morgan fingerprint density at radius 1 is 1.20 bits per heavy atom. The largest absolute Gasteiger partial charge is 0.396 e. The fourth-order valence-corrected chi connectivity index (χ4v) is 4.09. The molecule has 4 atom stereocenters. The average Bonchev–Trinajstić information content (AvgIpc) is 2.20. The molecule has 15 heavy (non-hydrogen) atoms. The van der Waals surface area contributed by atoms with E-state index in [1.54, 1.807) is 0 Å². The van der Waals surface area contributed by atoms with E-state index in [1.807, 2.05) is 0 Å². The summed E-state index contributed by atoms with van der Waals surface area (Å²) in [5.74, 6) is 1.13. The van der Waals surface area contributed by atoms with Crippen molar-refractivity contribution in [2.45, 2.75) is 58.0 Å². The maximum atomic E-state index is 10.1. The van der Waals surface area contributed by atoms with Crippen LogP contribution in [0.4, 0.5) is 0 Å². The van der Waals surface area contributed by atoms with Gasteiger partial charge in [-0.15, -0.1) is 0 Å². The molecule has 2 heteroatoms. The molecule has 0 amide bonds. The molecule has 0 aromatic heterocycles. The molecular formula is C13H24O2. The zero-order valence-corrected chi connectivity index (χ0v) is 9.78. The molecule has 88 valence electrons. The molecule has 0 aromatic rings. The molecule has 2 saturated carbocycles. The second-order valence-electron chi connectivity index (χ2n) is 5.71. The van der Waals surface area contributed by atoms with Crippen molar-refractivity contribution < 1.29 is 10.2 Å². The minimum absolute atomic E-state index is 0.0785. The van der Waals surface area contributed by atoms with E-state index in [9.17, 15) is 5.11 Å². The Morgan fingerprint density at radius 2 is 2.00 bits per heavy atom. The molecule has 2 aliphatic rings. The maximum Gasteiger partial charge on any atom is 0.0573 e. The Morgan fingerprint density at radius 3 is 2.73 bits per heavy atom. The van der Waals surface area contributed by atoms with Crippen LogP contribution in [0.3, 0.4) is 0 Å². The molecule has 2 rings (SSSR count). The molecule has 2 N–H and O–H groups in total. The summed E-state index contributed by atoms with van der Waals surface area (Å²) >= 11 is 0. The van der Waals surface area contributed by atoms with Crippen molar-refractivity contribution in [3.8, 4) is 0 Å². The summed E-state index contributed by atoms with van der Waals surface area (Å²) < 4.78 is 0. The summed E-state index contributed by atoms with van der Waals surface area (Å²) in [5, 5.41) is 19.2. The van der Waals surface area contributed by atoms with E-state index in [0.29, 0.717) is 23.9 Å². The van der Waals surface area contributed by atoms with Crippen LogP contribution in [0.1, 0.15) is 51.9 Å². The first-order valence-electron chi connectivity index (χ1n) is 6.47. The molecule has 2 aliphatic carbocycles. The first-order valence-corrected chi connectivity index (χ1v) is 6.47.